The maximum atomic E-state index is 8.64. The van der Waals surface area contributed by atoms with E-state index in [9.17, 15) is 0 Å². The highest BCUT2D eigenvalue weighted by atomic mass is 32.1. The third kappa shape index (κ3) is 7.58. The fourth-order valence-corrected chi connectivity index (χ4v) is 2.36. The molecule has 0 radical (unpaired) electrons. The third-order valence-electron chi connectivity index (χ3n) is 2.02. The molecule has 1 aliphatic rings. The van der Waals surface area contributed by atoms with Gasteiger partial charge in [-0.15, -0.1) is 11.3 Å². The van der Waals surface area contributed by atoms with Crippen LogP contribution < -0.4 is 0 Å². The lowest BCUT2D eigenvalue weighted by Gasteiger charge is -2.20. The lowest BCUT2D eigenvalue weighted by Crippen LogP contribution is -2.25. The Bertz CT molecular complexity index is 355. The molecule has 0 aliphatic carbocycles. The summed E-state index contributed by atoms with van der Waals surface area (Å²) in [6, 6.07) is 2.09. The van der Waals surface area contributed by atoms with E-state index in [0.717, 1.165) is 25.2 Å². The second-order valence-corrected chi connectivity index (χ2v) is 4.07. The number of hydrogen-bond acceptors (Lipinski definition) is 4. The molecule has 1 aromatic heterocycles. The molecule has 2 rings (SSSR count). The van der Waals surface area contributed by atoms with Crippen LogP contribution in [0.1, 0.15) is 15.6 Å². The van der Waals surface area contributed by atoms with E-state index in [1.165, 1.54) is 16.2 Å². The number of rotatable bonds is 0. The second kappa shape index (κ2) is 14.7. The van der Waals surface area contributed by atoms with Crippen LogP contribution in [-0.4, -0.2) is 23.5 Å². The topological polar surface area (TPSA) is 39.9 Å². The first-order valence-electron chi connectivity index (χ1n) is 4.29. The number of fused-ring (bicyclic) bond motifs is 1. The highest BCUT2D eigenvalue weighted by Crippen LogP contribution is 2.23. The Balaban J connectivity index is -0.000000325. The monoisotopic (exact) mass is 313 g/mol. The van der Waals surface area contributed by atoms with Crippen LogP contribution >= 0.6 is 11.3 Å². The number of aromatic nitrogens is 1. The molecule has 0 N–H and O–H groups in total. The lowest BCUT2D eigenvalue weighted by molar-refractivity contribution is 0.108. The number of thiazole rings is 1. The molecule has 0 unspecified atom stereocenters. The van der Waals surface area contributed by atoms with E-state index < -0.39 is 0 Å². The largest absolute Gasteiger partial charge is 0.301 e. The van der Waals surface area contributed by atoms with Gasteiger partial charge < -0.3 is 4.90 Å². The van der Waals surface area contributed by atoms with Crippen LogP contribution in [0.4, 0.5) is 32.1 Å². The summed E-state index contributed by atoms with van der Waals surface area (Å²) in [5.74, 6) is 0. The molecule has 1 aliphatic heterocycles. The number of likely N-dealkylation sites (N-methyl/N-ethyl adjacent to an activating group) is 1. The lowest BCUT2D eigenvalue weighted by atomic mass is 10.2. The molecule has 2 heterocycles. The van der Waals surface area contributed by atoms with Gasteiger partial charge in [-0.2, -0.15) is 5.26 Å². The van der Waals surface area contributed by atoms with Crippen molar-refractivity contribution in [3.8, 4) is 6.07 Å². The molecule has 1 aromatic rings. The van der Waals surface area contributed by atoms with Crippen molar-refractivity contribution in [1.29, 1.82) is 5.26 Å². The fraction of sp³-hybridized carbons (Fsp3) is 0.500. The Morgan fingerprint density at radius 3 is 2.21 bits per heavy atom. The van der Waals surface area contributed by atoms with E-state index in [-0.39, 0.29) is 4.70 Å². The molecule has 0 saturated heterocycles. The summed E-state index contributed by atoms with van der Waals surface area (Å²) in [6.45, 7) is 2.01. The van der Waals surface area contributed by atoms with Gasteiger partial charge in [0.2, 0.25) is 0 Å². The van der Waals surface area contributed by atoms with Gasteiger partial charge in [-0.05, 0) is 7.05 Å². The summed E-state index contributed by atoms with van der Waals surface area (Å²) >= 11 is 1.53. The second-order valence-electron chi connectivity index (χ2n) is 2.99. The average Bonchev–Trinajstić information content (AvgIpc) is 2.87. The van der Waals surface area contributed by atoms with Gasteiger partial charge in [-0.1, -0.05) is 0 Å². The Labute approximate surface area is 108 Å². The van der Waals surface area contributed by atoms with Crippen LogP contribution in [0.25, 0.3) is 0 Å². The molecular weight excluding hydrogens is 303 g/mol. The van der Waals surface area contributed by atoms with Crippen LogP contribution in [-0.2, 0) is 13.0 Å². The molecule has 3 nitrogen and oxygen atoms in total. The van der Waals surface area contributed by atoms with Crippen molar-refractivity contribution in [2.75, 3.05) is 13.6 Å². The first kappa shape index (κ1) is 22.7. The average molecular weight is 313 g/mol. The Morgan fingerprint density at radius 1 is 1.21 bits per heavy atom. The SMILES string of the molecule is CN1CCc2nc(C#N)sc2C1.F.FF.FF.FF. The van der Waals surface area contributed by atoms with E-state index in [1.807, 2.05) is 0 Å². The molecule has 0 aromatic carbocycles. The molecule has 11 heteroatoms. The van der Waals surface area contributed by atoms with E-state index in [0.29, 0.717) is 5.01 Å². The Morgan fingerprint density at radius 2 is 1.74 bits per heavy atom. The predicted molar refractivity (Wildman–Crippen MR) is 56.0 cm³/mol. The van der Waals surface area contributed by atoms with E-state index in [2.05, 4.69) is 23.0 Å². The van der Waals surface area contributed by atoms with Gasteiger partial charge in [0, 0.05) is 51.8 Å². The Hall–Kier alpha value is -1.41. The van der Waals surface area contributed by atoms with Crippen molar-refractivity contribution < 1.29 is 32.1 Å². The summed E-state index contributed by atoms with van der Waals surface area (Å²) in [5.41, 5.74) is 1.13. The highest BCUT2D eigenvalue weighted by Gasteiger charge is 2.17. The Kier molecular flexibility index (Phi) is 17.5. The summed E-state index contributed by atoms with van der Waals surface area (Å²) in [4.78, 5) is 7.75. The van der Waals surface area contributed by atoms with Crippen molar-refractivity contribution >= 4 is 11.3 Å². The van der Waals surface area contributed by atoms with Gasteiger partial charge in [0.05, 0.1) is 5.69 Å². The van der Waals surface area contributed by atoms with Crippen LogP contribution in [0.2, 0.25) is 0 Å². The van der Waals surface area contributed by atoms with Gasteiger partial charge in [0.25, 0.3) is 0 Å². The minimum atomic E-state index is 0. The third-order valence-corrected chi connectivity index (χ3v) is 3.00. The summed E-state index contributed by atoms with van der Waals surface area (Å²) in [6.07, 6.45) is 0.990. The molecule has 0 fully saturated rings. The minimum absolute atomic E-state index is 0. The predicted octanol–water partition coefficient (Wildman–Crippen LogP) is 3.68. The number of nitriles is 1. The van der Waals surface area contributed by atoms with Crippen molar-refractivity contribution in [2.24, 2.45) is 0 Å². The van der Waals surface area contributed by atoms with Crippen LogP contribution in [0.15, 0.2) is 0 Å². The van der Waals surface area contributed by atoms with Crippen molar-refractivity contribution in [1.82, 2.24) is 9.88 Å². The number of halogens is 7. The molecule has 112 valence electrons. The van der Waals surface area contributed by atoms with Gasteiger partial charge in [0.1, 0.15) is 6.07 Å². The molecule has 0 spiro atoms. The maximum Gasteiger partial charge on any atom is 0.194 e. The fourth-order valence-electron chi connectivity index (χ4n) is 1.37. The number of nitrogens with zero attached hydrogens (tertiary/aromatic N) is 3. The standard InChI is InChI=1S/C8H9N3S.3F2.FH/c1-11-3-2-6-7(5-11)12-8(4-9)10-6;3*1-2;/h2-3,5H2,1H3;;;;1H. The molecule has 0 saturated carbocycles. The summed E-state index contributed by atoms with van der Waals surface area (Å²) < 4.78 is 48.0. The minimum Gasteiger partial charge on any atom is -0.301 e. The van der Waals surface area contributed by atoms with Crippen LogP contribution in [0.5, 0.6) is 0 Å². The molecule has 0 atom stereocenters. The number of hydrogen-bond donors (Lipinski definition) is 0. The first-order valence-corrected chi connectivity index (χ1v) is 5.11. The van der Waals surface area contributed by atoms with E-state index >= 15 is 0 Å². The zero-order chi connectivity index (χ0) is 14.6. The van der Waals surface area contributed by atoms with E-state index in [1.54, 1.807) is 0 Å². The van der Waals surface area contributed by atoms with E-state index in [4.69, 9.17) is 32.7 Å². The highest BCUT2D eigenvalue weighted by molar-refractivity contribution is 7.12. The van der Waals surface area contributed by atoms with Crippen LogP contribution in [0, 0.1) is 11.3 Å². The van der Waals surface area contributed by atoms with Crippen molar-refractivity contribution in [2.45, 2.75) is 13.0 Å². The summed E-state index contributed by atoms with van der Waals surface area (Å²) in [5, 5.41) is 9.24. The van der Waals surface area contributed by atoms with Crippen molar-refractivity contribution in [3.63, 3.8) is 0 Å². The van der Waals surface area contributed by atoms with Gasteiger partial charge in [0.15, 0.2) is 5.01 Å². The van der Waals surface area contributed by atoms with Gasteiger partial charge >= 0.3 is 0 Å². The van der Waals surface area contributed by atoms with Crippen LogP contribution in [0.3, 0.4) is 0 Å². The zero-order valence-electron chi connectivity index (χ0n) is 9.55. The summed E-state index contributed by atoms with van der Waals surface area (Å²) in [7, 11) is 2.09. The first-order chi connectivity index (χ1) is 8.79. The quantitative estimate of drug-likeness (QED) is 0.686. The normalized spacial score (nSPS) is 11.7. The van der Waals surface area contributed by atoms with Gasteiger partial charge in [-0.25, -0.2) is 4.98 Å². The smallest absolute Gasteiger partial charge is 0.194 e. The van der Waals surface area contributed by atoms with Gasteiger partial charge in [-0.3, -0.25) is 4.70 Å². The van der Waals surface area contributed by atoms with Crippen molar-refractivity contribution in [3.05, 3.63) is 15.6 Å². The zero-order valence-corrected chi connectivity index (χ0v) is 10.4. The maximum absolute atomic E-state index is 8.64. The molecule has 0 amide bonds. The molecule has 19 heavy (non-hydrogen) atoms. The molecule has 0 bridgehead atoms. The molecular formula is C8H10F7N3S.